The average molecular weight is 430 g/mol. The third-order valence-electron chi connectivity index (χ3n) is 5.74. The highest BCUT2D eigenvalue weighted by molar-refractivity contribution is 6.00. The van der Waals surface area contributed by atoms with Crippen LogP contribution >= 0.6 is 0 Å². The summed E-state index contributed by atoms with van der Waals surface area (Å²) in [6, 6.07) is 18.6. The number of hydrogen-bond donors (Lipinski definition) is 0. The first-order chi connectivity index (χ1) is 15.6. The van der Waals surface area contributed by atoms with E-state index >= 15 is 0 Å². The molecule has 0 spiro atoms. The Morgan fingerprint density at radius 2 is 1.88 bits per heavy atom. The van der Waals surface area contributed by atoms with E-state index in [1.54, 1.807) is 35.2 Å². The molecule has 0 bridgehead atoms. The molecule has 2 heterocycles. The van der Waals surface area contributed by atoms with Gasteiger partial charge in [0.15, 0.2) is 0 Å². The number of benzene rings is 2. The first-order valence-electron chi connectivity index (χ1n) is 10.9. The molecule has 1 atom stereocenters. The van der Waals surface area contributed by atoms with E-state index in [9.17, 15) is 9.59 Å². The molecule has 1 fully saturated rings. The van der Waals surface area contributed by atoms with E-state index < -0.39 is 6.04 Å². The minimum Gasteiger partial charge on any atom is -0.493 e. The van der Waals surface area contributed by atoms with E-state index in [0.29, 0.717) is 37.4 Å². The summed E-state index contributed by atoms with van der Waals surface area (Å²) in [5.41, 5.74) is 3.53. The zero-order valence-corrected chi connectivity index (χ0v) is 18.4. The molecule has 2 amide bonds. The summed E-state index contributed by atoms with van der Waals surface area (Å²) in [5, 5.41) is 0. The second kappa shape index (κ2) is 9.64. The van der Waals surface area contributed by atoms with Crippen LogP contribution in [0.15, 0.2) is 73.1 Å². The highest BCUT2D eigenvalue weighted by Gasteiger charge is 2.37. The van der Waals surface area contributed by atoms with Crippen molar-refractivity contribution in [1.82, 2.24) is 14.8 Å². The van der Waals surface area contributed by atoms with E-state index in [4.69, 9.17) is 4.74 Å². The van der Waals surface area contributed by atoms with Crippen molar-refractivity contribution in [3.8, 4) is 16.9 Å². The molecular weight excluding hydrogens is 402 g/mol. The van der Waals surface area contributed by atoms with Gasteiger partial charge < -0.3 is 14.5 Å². The number of rotatable bonds is 6. The number of carbonyl (C=O) groups is 2. The molecule has 4 rings (SSSR count). The van der Waals surface area contributed by atoms with Crippen LogP contribution in [0.25, 0.3) is 11.1 Å². The fourth-order valence-electron chi connectivity index (χ4n) is 4.07. The lowest BCUT2D eigenvalue weighted by Gasteiger charge is -2.39. The number of pyridine rings is 1. The Labute approximate surface area is 188 Å². The summed E-state index contributed by atoms with van der Waals surface area (Å²) in [5.74, 6) is 0.317. The number of piperazine rings is 1. The molecule has 0 saturated carbocycles. The van der Waals surface area contributed by atoms with Crippen molar-refractivity contribution in [2.45, 2.75) is 19.4 Å². The van der Waals surface area contributed by atoms with Crippen LogP contribution in [0.1, 0.15) is 22.8 Å². The highest BCUT2D eigenvalue weighted by atomic mass is 16.5. The van der Waals surface area contributed by atoms with Gasteiger partial charge in [-0.05, 0) is 41.8 Å². The Morgan fingerprint density at radius 3 is 2.66 bits per heavy atom. The van der Waals surface area contributed by atoms with Gasteiger partial charge >= 0.3 is 0 Å². The highest BCUT2D eigenvalue weighted by Crippen LogP contribution is 2.26. The quantitative estimate of drug-likeness (QED) is 0.600. The molecule has 1 aromatic heterocycles. The maximum atomic E-state index is 13.5. The number of amides is 2. The molecule has 2 aromatic carbocycles. The lowest BCUT2D eigenvalue weighted by molar-refractivity contribution is -0.138. The van der Waals surface area contributed by atoms with Gasteiger partial charge in [0, 0.05) is 39.0 Å². The SMILES string of the molecule is CCOc1ccccc1C(=O)N1CCN(C)C(=O)[C@@H]1Cc1cccc(-c2cccnc2)c1. The van der Waals surface area contributed by atoms with Gasteiger partial charge in [-0.2, -0.15) is 0 Å². The van der Waals surface area contributed by atoms with E-state index in [1.165, 1.54) is 0 Å². The van der Waals surface area contributed by atoms with Crippen LogP contribution in [0.4, 0.5) is 0 Å². The van der Waals surface area contributed by atoms with E-state index in [2.05, 4.69) is 11.1 Å². The van der Waals surface area contributed by atoms with Crippen LogP contribution in [-0.4, -0.2) is 59.4 Å². The summed E-state index contributed by atoms with van der Waals surface area (Å²) in [4.78, 5) is 34.2. The van der Waals surface area contributed by atoms with Gasteiger partial charge in [0.1, 0.15) is 11.8 Å². The number of aromatic nitrogens is 1. The zero-order valence-electron chi connectivity index (χ0n) is 18.4. The smallest absolute Gasteiger partial charge is 0.258 e. The minimum atomic E-state index is -0.569. The lowest BCUT2D eigenvalue weighted by Crippen LogP contribution is -2.58. The molecule has 3 aromatic rings. The Hall–Kier alpha value is -3.67. The first kappa shape index (κ1) is 21.6. The maximum absolute atomic E-state index is 13.5. The monoisotopic (exact) mass is 429 g/mol. The Kier molecular flexibility index (Phi) is 6.50. The van der Waals surface area contributed by atoms with Crippen molar-refractivity contribution in [3.63, 3.8) is 0 Å². The maximum Gasteiger partial charge on any atom is 0.258 e. The van der Waals surface area contributed by atoms with Gasteiger partial charge in [0.25, 0.3) is 5.91 Å². The average Bonchev–Trinajstić information content (AvgIpc) is 2.83. The molecule has 1 saturated heterocycles. The number of carbonyl (C=O) groups excluding carboxylic acids is 2. The summed E-state index contributed by atoms with van der Waals surface area (Å²) in [6.07, 6.45) is 4.01. The van der Waals surface area contributed by atoms with E-state index in [0.717, 1.165) is 16.7 Å². The third-order valence-corrected chi connectivity index (χ3v) is 5.74. The van der Waals surface area contributed by atoms with Crippen molar-refractivity contribution in [3.05, 3.63) is 84.2 Å². The Morgan fingerprint density at radius 1 is 1.06 bits per heavy atom. The summed E-state index contributed by atoms with van der Waals surface area (Å²) < 4.78 is 5.67. The van der Waals surface area contributed by atoms with Crippen LogP contribution in [0.2, 0.25) is 0 Å². The van der Waals surface area contributed by atoms with Gasteiger partial charge in [0.05, 0.1) is 12.2 Å². The lowest BCUT2D eigenvalue weighted by atomic mass is 9.97. The van der Waals surface area contributed by atoms with E-state index in [1.807, 2.05) is 55.6 Å². The normalized spacial score (nSPS) is 16.2. The molecule has 0 radical (unpaired) electrons. The van der Waals surface area contributed by atoms with Crippen LogP contribution in [-0.2, 0) is 11.2 Å². The fourth-order valence-corrected chi connectivity index (χ4v) is 4.07. The molecule has 32 heavy (non-hydrogen) atoms. The second-order valence-corrected chi connectivity index (χ2v) is 7.85. The molecule has 1 aliphatic heterocycles. The van der Waals surface area contributed by atoms with Crippen molar-refractivity contribution in [2.24, 2.45) is 0 Å². The molecule has 6 heteroatoms. The predicted octanol–water partition coefficient (Wildman–Crippen LogP) is 3.67. The topological polar surface area (TPSA) is 62.7 Å². The van der Waals surface area contributed by atoms with Crippen LogP contribution in [0, 0.1) is 0 Å². The second-order valence-electron chi connectivity index (χ2n) is 7.85. The van der Waals surface area contributed by atoms with Crippen LogP contribution in [0.3, 0.4) is 0 Å². The van der Waals surface area contributed by atoms with Crippen molar-refractivity contribution < 1.29 is 14.3 Å². The Bertz CT molecular complexity index is 1100. The van der Waals surface area contributed by atoms with Gasteiger partial charge in [-0.1, -0.05) is 42.5 Å². The number of likely N-dealkylation sites (N-methyl/N-ethyl adjacent to an activating group) is 1. The summed E-state index contributed by atoms with van der Waals surface area (Å²) >= 11 is 0. The number of para-hydroxylation sites is 1. The molecule has 164 valence electrons. The molecule has 0 unspecified atom stereocenters. The Balaban J connectivity index is 1.63. The van der Waals surface area contributed by atoms with Crippen molar-refractivity contribution >= 4 is 11.8 Å². The number of hydrogen-bond acceptors (Lipinski definition) is 4. The first-order valence-corrected chi connectivity index (χ1v) is 10.9. The van der Waals surface area contributed by atoms with Gasteiger partial charge in [0.2, 0.25) is 5.91 Å². The molecule has 0 aliphatic carbocycles. The third kappa shape index (κ3) is 4.49. The standard InChI is InChI=1S/C26H27N3O3/c1-3-32-24-12-5-4-11-22(24)25(30)29-15-14-28(2)26(31)23(29)17-19-8-6-9-20(16-19)21-10-7-13-27-18-21/h4-13,16,18,23H,3,14-15,17H2,1-2H3/t23-/m0/s1. The molecular formula is C26H27N3O3. The van der Waals surface area contributed by atoms with Crippen LogP contribution < -0.4 is 4.74 Å². The molecule has 0 N–H and O–H groups in total. The van der Waals surface area contributed by atoms with Crippen molar-refractivity contribution in [1.29, 1.82) is 0 Å². The van der Waals surface area contributed by atoms with E-state index in [-0.39, 0.29) is 11.8 Å². The molecule has 1 aliphatic rings. The fraction of sp³-hybridized carbons (Fsp3) is 0.269. The largest absolute Gasteiger partial charge is 0.493 e. The minimum absolute atomic E-state index is 0.0507. The van der Waals surface area contributed by atoms with Crippen molar-refractivity contribution in [2.75, 3.05) is 26.7 Å². The number of ether oxygens (including phenoxy) is 1. The summed E-state index contributed by atoms with van der Waals surface area (Å²) in [7, 11) is 1.79. The van der Waals surface area contributed by atoms with Crippen LogP contribution in [0.5, 0.6) is 5.75 Å². The number of nitrogens with zero attached hydrogens (tertiary/aromatic N) is 3. The van der Waals surface area contributed by atoms with Gasteiger partial charge in [-0.15, -0.1) is 0 Å². The molecule has 6 nitrogen and oxygen atoms in total. The van der Waals surface area contributed by atoms with Gasteiger partial charge in [-0.25, -0.2) is 0 Å². The predicted molar refractivity (Wildman–Crippen MR) is 123 cm³/mol. The van der Waals surface area contributed by atoms with Gasteiger partial charge in [-0.3, -0.25) is 14.6 Å². The zero-order chi connectivity index (χ0) is 22.5. The summed E-state index contributed by atoms with van der Waals surface area (Å²) in [6.45, 7) is 3.34.